The zero-order valence-electron chi connectivity index (χ0n) is 18.1. The van der Waals surface area contributed by atoms with Crippen molar-refractivity contribution in [2.45, 2.75) is 33.1 Å². The van der Waals surface area contributed by atoms with Gasteiger partial charge in [-0.2, -0.15) is 23.4 Å². The number of rotatable bonds is 5. The highest BCUT2D eigenvalue weighted by molar-refractivity contribution is 5.93. The van der Waals surface area contributed by atoms with Crippen LogP contribution >= 0.6 is 0 Å². The summed E-state index contributed by atoms with van der Waals surface area (Å²) in [5.74, 6) is -1.07. The molecule has 0 unspecified atom stereocenters. The molecule has 0 aliphatic rings. The van der Waals surface area contributed by atoms with Gasteiger partial charge in [-0.1, -0.05) is 0 Å². The number of fused-ring (bicyclic) bond motifs is 1. The van der Waals surface area contributed by atoms with E-state index in [0.29, 0.717) is 16.6 Å². The summed E-state index contributed by atoms with van der Waals surface area (Å²) in [4.78, 5) is 18.5. The van der Waals surface area contributed by atoms with E-state index in [9.17, 15) is 22.4 Å². The summed E-state index contributed by atoms with van der Waals surface area (Å²) in [6.45, 7) is 4.65. The van der Waals surface area contributed by atoms with Crippen molar-refractivity contribution in [2.24, 2.45) is 0 Å². The molecular weight excluding hydrogens is 440 g/mol. The first-order chi connectivity index (χ1) is 15.6. The smallest absolute Gasteiger partial charge is 0.336 e. The summed E-state index contributed by atoms with van der Waals surface area (Å²) < 4.78 is 56.9. The van der Waals surface area contributed by atoms with E-state index in [1.165, 1.54) is 30.1 Å². The Kier molecular flexibility index (Phi) is 5.64. The summed E-state index contributed by atoms with van der Waals surface area (Å²) >= 11 is 0. The number of alkyl halides is 3. The van der Waals surface area contributed by atoms with Gasteiger partial charge in [-0.3, -0.25) is 9.48 Å². The minimum atomic E-state index is -4.75. The van der Waals surface area contributed by atoms with Crippen molar-refractivity contribution in [2.75, 3.05) is 7.05 Å². The predicted octanol–water partition coefficient (Wildman–Crippen LogP) is 4.35. The molecule has 0 saturated heterocycles. The normalized spacial score (nSPS) is 11.8. The van der Waals surface area contributed by atoms with Crippen molar-refractivity contribution < 1.29 is 22.4 Å². The van der Waals surface area contributed by atoms with Crippen LogP contribution < -0.4 is 0 Å². The lowest BCUT2D eigenvalue weighted by Crippen LogP contribution is -2.27. The first-order valence-electron chi connectivity index (χ1n) is 10.1. The van der Waals surface area contributed by atoms with Crippen LogP contribution in [-0.4, -0.2) is 42.2 Å². The molecule has 0 N–H and O–H groups in total. The van der Waals surface area contributed by atoms with Gasteiger partial charge in [0, 0.05) is 43.5 Å². The van der Waals surface area contributed by atoms with E-state index in [2.05, 4.69) is 15.2 Å². The molecule has 33 heavy (non-hydrogen) atoms. The molecule has 0 radical (unpaired) electrons. The van der Waals surface area contributed by atoms with Gasteiger partial charge in [-0.25, -0.2) is 13.9 Å². The number of amides is 1. The van der Waals surface area contributed by atoms with Gasteiger partial charge in [-0.15, -0.1) is 0 Å². The van der Waals surface area contributed by atoms with Crippen molar-refractivity contribution in [3.8, 4) is 11.3 Å². The minimum absolute atomic E-state index is 0.00955. The molecule has 1 amide bonds. The van der Waals surface area contributed by atoms with Gasteiger partial charge in [-0.05, 0) is 44.2 Å². The van der Waals surface area contributed by atoms with Crippen LogP contribution in [0, 0.1) is 12.7 Å². The fraction of sp³-hybridized carbons (Fsp3) is 0.273. The molecule has 0 saturated carbocycles. The Bertz CT molecular complexity index is 1320. The second kappa shape index (κ2) is 8.30. The Balaban J connectivity index is 1.72. The largest absolute Gasteiger partial charge is 0.433 e. The van der Waals surface area contributed by atoms with Crippen molar-refractivity contribution >= 4 is 11.6 Å². The average molecular weight is 460 g/mol. The first kappa shape index (κ1) is 22.4. The van der Waals surface area contributed by atoms with Gasteiger partial charge < -0.3 is 4.90 Å². The maximum absolute atomic E-state index is 13.8. The molecule has 3 aromatic heterocycles. The van der Waals surface area contributed by atoms with E-state index >= 15 is 0 Å². The highest BCUT2D eigenvalue weighted by Crippen LogP contribution is 2.32. The third-order valence-corrected chi connectivity index (χ3v) is 5.20. The van der Waals surface area contributed by atoms with Crippen LogP contribution in [0.25, 0.3) is 16.9 Å². The topological polar surface area (TPSA) is 68.3 Å². The second-order valence-electron chi connectivity index (χ2n) is 7.59. The maximum Gasteiger partial charge on any atom is 0.433 e. The van der Waals surface area contributed by atoms with Crippen LogP contribution in [0.4, 0.5) is 17.6 Å². The molecule has 0 fully saturated rings. The number of hydrogen-bond acceptors (Lipinski definition) is 4. The number of aryl methyl sites for hydroxylation is 2. The standard InChI is InChI=1S/C22H20F4N6O/c1-4-31-12-15(13(2)28-31)11-30(3)21(33)18-10-20-27-17(14-5-7-16(23)8-6-14)9-19(22(24,25)26)32(20)29-18/h5-10,12H,4,11H2,1-3H3. The lowest BCUT2D eigenvalue weighted by atomic mass is 10.1. The molecule has 11 heteroatoms. The molecule has 0 aliphatic carbocycles. The molecule has 0 atom stereocenters. The molecule has 7 nitrogen and oxygen atoms in total. The molecule has 0 aliphatic heterocycles. The Morgan fingerprint density at radius 3 is 2.42 bits per heavy atom. The minimum Gasteiger partial charge on any atom is -0.336 e. The molecular formula is C22H20F4N6O. The third kappa shape index (κ3) is 4.43. The Hall–Kier alpha value is -3.76. The van der Waals surface area contributed by atoms with Crippen LogP contribution in [0.5, 0.6) is 0 Å². The fourth-order valence-electron chi connectivity index (χ4n) is 3.45. The summed E-state index contributed by atoms with van der Waals surface area (Å²) in [6.07, 6.45) is -2.93. The van der Waals surface area contributed by atoms with E-state index in [1.807, 2.05) is 20.0 Å². The maximum atomic E-state index is 13.8. The molecule has 1 aromatic carbocycles. The van der Waals surface area contributed by atoms with Crippen LogP contribution in [-0.2, 0) is 19.3 Å². The SMILES string of the molecule is CCn1cc(CN(C)C(=O)c2cc3nc(-c4ccc(F)cc4)cc(C(F)(F)F)n3n2)c(C)n1. The number of carbonyl (C=O) groups excluding carboxylic acids is 1. The number of halogens is 4. The third-order valence-electron chi connectivity index (χ3n) is 5.20. The predicted molar refractivity (Wildman–Crippen MR) is 112 cm³/mol. The van der Waals surface area contributed by atoms with Crippen LogP contribution in [0.1, 0.15) is 34.4 Å². The Morgan fingerprint density at radius 2 is 1.82 bits per heavy atom. The number of carbonyl (C=O) groups is 1. The van der Waals surface area contributed by atoms with Gasteiger partial charge in [0.25, 0.3) is 5.91 Å². The van der Waals surface area contributed by atoms with Crippen LogP contribution in [0.2, 0.25) is 0 Å². The fourth-order valence-corrected chi connectivity index (χ4v) is 3.45. The van der Waals surface area contributed by atoms with Crippen molar-refractivity contribution in [3.05, 3.63) is 71.1 Å². The monoisotopic (exact) mass is 460 g/mol. The van der Waals surface area contributed by atoms with E-state index < -0.39 is 23.6 Å². The number of nitrogens with zero attached hydrogens (tertiary/aromatic N) is 6. The van der Waals surface area contributed by atoms with Crippen molar-refractivity contribution in [3.63, 3.8) is 0 Å². The zero-order chi connectivity index (χ0) is 23.9. The highest BCUT2D eigenvalue weighted by Gasteiger charge is 2.36. The molecule has 172 valence electrons. The van der Waals surface area contributed by atoms with Crippen molar-refractivity contribution in [1.29, 1.82) is 0 Å². The Morgan fingerprint density at radius 1 is 1.12 bits per heavy atom. The van der Waals surface area contributed by atoms with Gasteiger partial charge in [0.1, 0.15) is 5.82 Å². The number of benzene rings is 1. The Labute approximate surface area is 186 Å². The summed E-state index contributed by atoms with van der Waals surface area (Å²) in [7, 11) is 1.54. The quantitative estimate of drug-likeness (QED) is 0.416. The van der Waals surface area contributed by atoms with Gasteiger partial charge in [0.05, 0.1) is 11.4 Å². The lowest BCUT2D eigenvalue weighted by Gasteiger charge is -2.15. The molecule has 4 rings (SSSR count). The molecule has 4 aromatic rings. The average Bonchev–Trinajstić information content (AvgIpc) is 3.35. The summed E-state index contributed by atoms with van der Waals surface area (Å²) in [6, 6.07) is 6.98. The van der Waals surface area contributed by atoms with E-state index in [1.54, 1.807) is 4.68 Å². The van der Waals surface area contributed by atoms with Crippen LogP contribution in [0.3, 0.4) is 0 Å². The molecule has 3 heterocycles. The number of hydrogen-bond donors (Lipinski definition) is 0. The van der Waals surface area contributed by atoms with Gasteiger partial charge >= 0.3 is 6.18 Å². The van der Waals surface area contributed by atoms with E-state index in [4.69, 9.17) is 0 Å². The van der Waals surface area contributed by atoms with Crippen molar-refractivity contribution in [1.82, 2.24) is 29.3 Å². The van der Waals surface area contributed by atoms with E-state index in [0.717, 1.165) is 29.5 Å². The second-order valence-corrected chi connectivity index (χ2v) is 7.59. The van der Waals surface area contributed by atoms with E-state index in [-0.39, 0.29) is 23.6 Å². The summed E-state index contributed by atoms with van der Waals surface area (Å²) in [5, 5.41) is 8.23. The summed E-state index contributed by atoms with van der Waals surface area (Å²) in [5.41, 5.74) is 0.473. The van der Waals surface area contributed by atoms with Gasteiger partial charge in [0.2, 0.25) is 0 Å². The first-order valence-corrected chi connectivity index (χ1v) is 10.1. The molecule has 0 bridgehead atoms. The molecule has 0 spiro atoms. The highest BCUT2D eigenvalue weighted by atomic mass is 19.4. The zero-order valence-corrected chi connectivity index (χ0v) is 18.1. The van der Waals surface area contributed by atoms with Crippen LogP contribution in [0.15, 0.2) is 42.6 Å². The number of aromatic nitrogens is 5. The van der Waals surface area contributed by atoms with Gasteiger partial charge in [0.15, 0.2) is 17.0 Å². The lowest BCUT2D eigenvalue weighted by molar-refractivity contribution is -0.142.